The molecule has 0 N–H and O–H groups in total. The first-order valence-corrected chi connectivity index (χ1v) is 9.47. The van der Waals surface area contributed by atoms with Gasteiger partial charge in [-0.15, -0.1) is 0 Å². The van der Waals surface area contributed by atoms with E-state index in [4.69, 9.17) is 4.98 Å². The standard InChI is InChI=1S/C20H30N4O/c1-4-5-12-22(2)20(25)16-10-13-24(14-11-16)15-19-21-17-8-6-7-9-18(17)23(19)3/h6-9,16H,4-5,10-15H2,1-3H3. The maximum absolute atomic E-state index is 12.5. The molecule has 1 amide bonds. The smallest absolute Gasteiger partial charge is 0.225 e. The molecule has 1 aliphatic rings. The Bertz CT molecular complexity index is 716. The lowest BCUT2D eigenvalue weighted by Crippen LogP contribution is -2.41. The number of carbonyl (C=O) groups excluding carboxylic acids is 1. The van der Waals surface area contributed by atoms with Gasteiger partial charge in [0.25, 0.3) is 0 Å². The zero-order chi connectivity index (χ0) is 17.8. The third-order valence-corrected chi connectivity index (χ3v) is 5.40. The molecule has 1 aromatic carbocycles. The molecule has 0 unspecified atom stereocenters. The number of para-hydroxylation sites is 2. The van der Waals surface area contributed by atoms with Crippen molar-refractivity contribution >= 4 is 16.9 Å². The maximum atomic E-state index is 12.5. The number of hydrogen-bond acceptors (Lipinski definition) is 3. The second-order valence-electron chi connectivity index (χ2n) is 7.24. The second-order valence-corrected chi connectivity index (χ2v) is 7.24. The van der Waals surface area contributed by atoms with E-state index in [0.717, 1.165) is 63.2 Å². The number of nitrogens with zero attached hydrogens (tertiary/aromatic N) is 4. The van der Waals surface area contributed by atoms with E-state index in [0.29, 0.717) is 5.91 Å². The first-order valence-electron chi connectivity index (χ1n) is 9.47. The van der Waals surface area contributed by atoms with Crippen molar-refractivity contribution in [2.45, 2.75) is 39.2 Å². The van der Waals surface area contributed by atoms with Crippen molar-refractivity contribution in [3.8, 4) is 0 Å². The SMILES string of the molecule is CCCCN(C)C(=O)C1CCN(Cc2nc3ccccc3n2C)CC1. The summed E-state index contributed by atoms with van der Waals surface area (Å²) in [4.78, 5) is 21.7. The summed E-state index contributed by atoms with van der Waals surface area (Å²) in [5.41, 5.74) is 2.24. The Labute approximate surface area is 150 Å². The van der Waals surface area contributed by atoms with E-state index in [1.165, 1.54) is 5.52 Å². The summed E-state index contributed by atoms with van der Waals surface area (Å²) in [5, 5.41) is 0. The van der Waals surface area contributed by atoms with Crippen LogP contribution in [0.25, 0.3) is 11.0 Å². The van der Waals surface area contributed by atoms with Crippen molar-refractivity contribution in [1.82, 2.24) is 19.4 Å². The number of unbranched alkanes of at least 4 members (excludes halogenated alkanes) is 1. The molecule has 0 radical (unpaired) electrons. The number of aryl methyl sites for hydroxylation is 1. The summed E-state index contributed by atoms with van der Waals surface area (Å²) in [6, 6.07) is 8.27. The number of piperidine rings is 1. The molecule has 0 saturated carbocycles. The highest BCUT2D eigenvalue weighted by molar-refractivity contribution is 5.78. The summed E-state index contributed by atoms with van der Waals surface area (Å²) < 4.78 is 2.19. The van der Waals surface area contributed by atoms with Crippen molar-refractivity contribution in [3.05, 3.63) is 30.1 Å². The molecule has 2 aromatic rings. The highest BCUT2D eigenvalue weighted by Crippen LogP contribution is 2.22. The Hall–Kier alpha value is -1.88. The second kappa shape index (κ2) is 8.00. The molecule has 25 heavy (non-hydrogen) atoms. The molecule has 3 rings (SSSR count). The van der Waals surface area contributed by atoms with Gasteiger partial charge in [0.1, 0.15) is 5.82 Å². The van der Waals surface area contributed by atoms with Crippen LogP contribution in [0.1, 0.15) is 38.4 Å². The number of likely N-dealkylation sites (tertiary alicyclic amines) is 1. The van der Waals surface area contributed by atoms with Crippen molar-refractivity contribution in [2.75, 3.05) is 26.7 Å². The number of amides is 1. The summed E-state index contributed by atoms with van der Waals surface area (Å²) in [6.07, 6.45) is 4.14. The Morgan fingerprint density at radius 1 is 1.28 bits per heavy atom. The highest BCUT2D eigenvalue weighted by atomic mass is 16.2. The molecule has 5 nitrogen and oxygen atoms in total. The van der Waals surface area contributed by atoms with Gasteiger partial charge in [0, 0.05) is 26.6 Å². The Morgan fingerprint density at radius 3 is 2.68 bits per heavy atom. The molecule has 2 heterocycles. The average Bonchev–Trinajstić information content (AvgIpc) is 2.96. The van der Waals surface area contributed by atoms with Gasteiger partial charge in [0.15, 0.2) is 0 Å². The fraction of sp³-hybridized carbons (Fsp3) is 0.600. The fourth-order valence-electron chi connectivity index (χ4n) is 3.69. The molecule has 1 saturated heterocycles. The molecule has 136 valence electrons. The molecule has 1 aliphatic heterocycles. The fourth-order valence-corrected chi connectivity index (χ4v) is 3.69. The summed E-state index contributed by atoms with van der Waals surface area (Å²) >= 11 is 0. The molecule has 1 fully saturated rings. The van der Waals surface area contributed by atoms with Crippen LogP contribution in [-0.2, 0) is 18.4 Å². The zero-order valence-corrected chi connectivity index (χ0v) is 15.7. The number of fused-ring (bicyclic) bond motifs is 1. The molecule has 0 aliphatic carbocycles. The minimum atomic E-state index is 0.193. The molecule has 0 bridgehead atoms. The third kappa shape index (κ3) is 4.03. The minimum absolute atomic E-state index is 0.193. The first kappa shape index (κ1) is 17.9. The molecule has 1 aromatic heterocycles. The van der Waals surface area contributed by atoms with Gasteiger partial charge in [0.05, 0.1) is 17.6 Å². The maximum Gasteiger partial charge on any atom is 0.225 e. The van der Waals surface area contributed by atoms with Crippen LogP contribution in [-0.4, -0.2) is 51.9 Å². The third-order valence-electron chi connectivity index (χ3n) is 5.40. The van der Waals surface area contributed by atoms with E-state index in [2.05, 4.69) is 41.6 Å². The van der Waals surface area contributed by atoms with E-state index in [1.54, 1.807) is 0 Å². The van der Waals surface area contributed by atoms with Crippen LogP contribution in [0.15, 0.2) is 24.3 Å². The van der Waals surface area contributed by atoms with Crippen LogP contribution in [0.5, 0.6) is 0 Å². The Kier molecular flexibility index (Phi) is 5.74. The number of hydrogen-bond donors (Lipinski definition) is 0. The van der Waals surface area contributed by atoms with E-state index in [9.17, 15) is 4.79 Å². The van der Waals surface area contributed by atoms with E-state index >= 15 is 0 Å². The van der Waals surface area contributed by atoms with Crippen molar-refractivity contribution in [2.24, 2.45) is 13.0 Å². The first-order chi connectivity index (χ1) is 12.1. The lowest BCUT2D eigenvalue weighted by atomic mass is 9.95. The van der Waals surface area contributed by atoms with Gasteiger partial charge >= 0.3 is 0 Å². The largest absolute Gasteiger partial charge is 0.346 e. The molecule has 5 heteroatoms. The van der Waals surface area contributed by atoms with Crippen LogP contribution in [0, 0.1) is 5.92 Å². The predicted molar refractivity (Wildman–Crippen MR) is 101 cm³/mol. The Balaban J connectivity index is 1.55. The normalized spacial score (nSPS) is 16.4. The summed E-state index contributed by atoms with van der Waals surface area (Å²) in [6.45, 7) is 5.85. The quantitative estimate of drug-likeness (QED) is 0.810. The number of aromatic nitrogens is 2. The van der Waals surface area contributed by atoms with Gasteiger partial charge in [-0.05, 0) is 44.5 Å². The topological polar surface area (TPSA) is 41.4 Å². The number of carbonyl (C=O) groups is 1. The van der Waals surface area contributed by atoms with Gasteiger partial charge in [0.2, 0.25) is 5.91 Å². The van der Waals surface area contributed by atoms with Crippen molar-refractivity contribution in [3.63, 3.8) is 0 Å². The van der Waals surface area contributed by atoms with Crippen LogP contribution in [0.2, 0.25) is 0 Å². The average molecular weight is 342 g/mol. The number of imidazole rings is 1. The summed E-state index contributed by atoms with van der Waals surface area (Å²) in [5.74, 6) is 1.63. The van der Waals surface area contributed by atoms with Crippen LogP contribution in [0.3, 0.4) is 0 Å². The number of rotatable bonds is 6. The van der Waals surface area contributed by atoms with Crippen LogP contribution < -0.4 is 0 Å². The zero-order valence-electron chi connectivity index (χ0n) is 15.7. The van der Waals surface area contributed by atoms with Crippen molar-refractivity contribution < 1.29 is 4.79 Å². The van der Waals surface area contributed by atoms with Gasteiger partial charge in [-0.1, -0.05) is 25.5 Å². The minimum Gasteiger partial charge on any atom is -0.346 e. The van der Waals surface area contributed by atoms with Gasteiger partial charge in [-0.3, -0.25) is 9.69 Å². The lowest BCUT2D eigenvalue weighted by Gasteiger charge is -2.33. The summed E-state index contributed by atoms with van der Waals surface area (Å²) in [7, 11) is 4.04. The van der Waals surface area contributed by atoms with Crippen molar-refractivity contribution in [1.29, 1.82) is 0 Å². The molecule has 0 atom stereocenters. The van der Waals surface area contributed by atoms with E-state index in [-0.39, 0.29) is 5.92 Å². The van der Waals surface area contributed by atoms with Crippen LogP contribution in [0.4, 0.5) is 0 Å². The van der Waals surface area contributed by atoms with E-state index < -0.39 is 0 Å². The Morgan fingerprint density at radius 2 is 2.00 bits per heavy atom. The molecular weight excluding hydrogens is 312 g/mol. The monoisotopic (exact) mass is 342 g/mol. The highest BCUT2D eigenvalue weighted by Gasteiger charge is 2.27. The lowest BCUT2D eigenvalue weighted by molar-refractivity contribution is -0.135. The van der Waals surface area contributed by atoms with Gasteiger partial charge in [-0.2, -0.15) is 0 Å². The van der Waals surface area contributed by atoms with Crippen LogP contribution >= 0.6 is 0 Å². The van der Waals surface area contributed by atoms with E-state index in [1.807, 2.05) is 18.0 Å². The number of benzene rings is 1. The molecular formula is C20H30N4O. The molecule has 0 spiro atoms. The predicted octanol–water partition coefficient (Wildman–Crippen LogP) is 3.04. The van der Waals surface area contributed by atoms with Gasteiger partial charge in [-0.25, -0.2) is 4.98 Å². The van der Waals surface area contributed by atoms with Gasteiger partial charge < -0.3 is 9.47 Å².